The highest BCUT2D eigenvalue weighted by atomic mass is 32.2. The van der Waals surface area contributed by atoms with Gasteiger partial charge in [-0.1, -0.05) is 0 Å². The number of thioether (sulfide) groups is 1. The molecule has 0 bridgehead atoms. The molecule has 1 aromatic rings. The minimum Gasteiger partial charge on any atom is -0.357 e. The summed E-state index contributed by atoms with van der Waals surface area (Å²) in [4.78, 5) is 9.10. The van der Waals surface area contributed by atoms with Crippen molar-refractivity contribution in [2.75, 3.05) is 31.6 Å². The highest BCUT2D eigenvalue weighted by Crippen LogP contribution is 2.10. The van der Waals surface area contributed by atoms with Crippen LogP contribution in [0.15, 0.2) is 10.4 Å². The summed E-state index contributed by atoms with van der Waals surface area (Å²) in [6, 6.07) is 0. The van der Waals surface area contributed by atoms with E-state index < -0.39 is 0 Å². The van der Waals surface area contributed by atoms with E-state index in [1.54, 1.807) is 11.3 Å². The van der Waals surface area contributed by atoms with Crippen LogP contribution in [0.1, 0.15) is 36.9 Å². The second-order valence-electron chi connectivity index (χ2n) is 4.87. The van der Waals surface area contributed by atoms with Gasteiger partial charge in [0.2, 0.25) is 0 Å². The molecule has 2 N–H and O–H groups in total. The van der Waals surface area contributed by atoms with E-state index in [1.165, 1.54) is 23.6 Å². The quantitative estimate of drug-likeness (QED) is 0.394. The summed E-state index contributed by atoms with van der Waals surface area (Å²) < 4.78 is 0. The summed E-state index contributed by atoms with van der Waals surface area (Å²) >= 11 is 3.66. The van der Waals surface area contributed by atoms with Gasteiger partial charge in [-0.2, -0.15) is 11.8 Å². The number of unbranched alkanes of at least 4 members (excludes halogenated alkanes) is 1. The zero-order chi connectivity index (χ0) is 15.3. The number of nitrogens with zero attached hydrogens (tertiary/aromatic N) is 2. The fourth-order valence-corrected chi connectivity index (χ4v) is 3.17. The first-order valence-electron chi connectivity index (χ1n) is 7.68. The second-order valence-corrected chi connectivity index (χ2v) is 6.80. The molecule has 0 fully saturated rings. The third kappa shape index (κ3) is 8.98. The van der Waals surface area contributed by atoms with Gasteiger partial charge in [0.15, 0.2) is 5.96 Å². The van der Waals surface area contributed by atoms with Crippen molar-refractivity contribution in [3.05, 3.63) is 16.1 Å². The van der Waals surface area contributed by atoms with Crippen LogP contribution in [0.5, 0.6) is 0 Å². The zero-order valence-corrected chi connectivity index (χ0v) is 15.1. The summed E-state index contributed by atoms with van der Waals surface area (Å²) in [7, 11) is 0. The fourth-order valence-electron chi connectivity index (χ4n) is 1.86. The maximum Gasteiger partial charge on any atom is 0.191 e. The average Bonchev–Trinajstić information content (AvgIpc) is 2.88. The van der Waals surface area contributed by atoms with E-state index in [0.717, 1.165) is 44.1 Å². The van der Waals surface area contributed by atoms with Crippen molar-refractivity contribution in [2.24, 2.45) is 4.99 Å². The molecule has 0 amide bonds. The van der Waals surface area contributed by atoms with Gasteiger partial charge in [-0.05, 0) is 45.1 Å². The Morgan fingerprint density at radius 2 is 2.19 bits per heavy atom. The van der Waals surface area contributed by atoms with Gasteiger partial charge in [-0.3, -0.25) is 4.99 Å². The first kappa shape index (κ1) is 18.3. The molecular weight excluding hydrogens is 300 g/mol. The lowest BCUT2D eigenvalue weighted by atomic mass is 10.3. The normalized spacial score (nSPS) is 11.7. The fraction of sp³-hybridized carbons (Fsp3) is 0.733. The number of rotatable bonds is 10. The molecule has 0 aliphatic carbocycles. The van der Waals surface area contributed by atoms with E-state index in [9.17, 15) is 0 Å². The predicted molar refractivity (Wildman–Crippen MR) is 96.8 cm³/mol. The molecule has 0 atom stereocenters. The molecule has 120 valence electrons. The number of aryl methyl sites for hydroxylation is 2. The Hall–Kier alpha value is -0.750. The molecule has 0 saturated heterocycles. The summed E-state index contributed by atoms with van der Waals surface area (Å²) in [6.07, 6.45) is 6.69. The summed E-state index contributed by atoms with van der Waals surface area (Å²) in [6.45, 7) is 6.89. The topological polar surface area (TPSA) is 49.3 Å². The maximum absolute atomic E-state index is 4.62. The van der Waals surface area contributed by atoms with Crippen LogP contribution in [-0.2, 0) is 6.42 Å². The van der Waals surface area contributed by atoms with Crippen LogP contribution < -0.4 is 10.6 Å². The first-order valence-corrected chi connectivity index (χ1v) is 9.95. The van der Waals surface area contributed by atoms with Crippen molar-refractivity contribution >= 4 is 29.1 Å². The molecule has 1 rings (SSSR count). The number of aliphatic imine (C=N–C) groups is 1. The Morgan fingerprint density at radius 3 is 2.86 bits per heavy atom. The highest BCUT2D eigenvalue weighted by Gasteiger charge is 1.99. The second kappa shape index (κ2) is 11.9. The molecular formula is C15H28N4S2. The van der Waals surface area contributed by atoms with E-state index in [4.69, 9.17) is 0 Å². The number of aromatic nitrogens is 1. The number of nitrogens with one attached hydrogen (secondary N) is 2. The van der Waals surface area contributed by atoms with Gasteiger partial charge in [0.25, 0.3) is 0 Å². The van der Waals surface area contributed by atoms with Crippen LogP contribution in [0.3, 0.4) is 0 Å². The van der Waals surface area contributed by atoms with E-state index in [-0.39, 0.29) is 0 Å². The van der Waals surface area contributed by atoms with E-state index in [1.807, 2.05) is 18.7 Å². The van der Waals surface area contributed by atoms with Gasteiger partial charge >= 0.3 is 0 Å². The average molecular weight is 329 g/mol. The minimum absolute atomic E-state index is 0.846. The van der Waals surface area contributed by atoms with Gasteiger partial charge in [-0.15, -0.1) is 11.3 Å². The highest BCUT2D eigenvalue weighted by molar-refractivity contribution is 7.98. The molecule has 0 spiro atoms. The smallest absolute Gasteiger partial charge is 0.191 e. The minimum atomic E-state index is 0.846. The monoisotopic (exact) mass is 328 g/mol. The molecule has 1 heterocycles. The summed E-state index contributed by atoms with van der Waals surface area (Å²) in [5.41, 5.74) is 1.12. The van der Waals surface area contributed by atoms with Crippen molar-refractivity contribution in [1.82, 2.24) is 15.6 Å². The van der Waals surface area contributed by atoms with Crippen LogP contribution in [-0.4, -0.2) is 42.6 Å². The van der Waals surface area contributed by atoms with E-state index >= 15 is 0 Å². The SMILES string of the molecule is CCNC(=NCCCc1nc(C)cs1)NCCCCSC. The first-order chi connectivity index (χ1) is 10.3. The van der Waals surface area contributed by atoms with Crippen LogP contribution in [0, 0.1) is 6.92 Å². The Labute approximate surface area is 137 Å². The molecule has 0 aliphatic rings. The van der Waals surface area contributed by atoms with Crippen molar-refractivity contribution in [2.45, 2.75) is 39.5 Å². The lowest BCUT2D eigenvalue weighted by molar-refractivity contribution is 0.728. The molecule has 4 nitrogen and oxygen atoms in total. The molecule has 0 saturated carbocycles. The number of thiazole rings is 1. The van der Waals surface area contributed by atoms with Gasteiger partial charge in [0.05, 0.1) is 5.01 Å². The van der Waals surface area contributed by atoms with Crippen molar-refractivity contribution in [3.8, 4) is 0 Å². The summed E-state index contributed by atoms with van der Waals surface area (Å²) in [5, 5.41) is 10.0. The third-order valence-electron chi connectivity index (χ3n) is 2.90. The van der Waals surface area contributed by atoms with Crippen LogP contribution in [0.4, 0.5) is 0 Å². The number of guanidine groups is 1. The molecule has 0 aromatic carbocycles. The molecule has 6 heteroatoms. The lowest BCUT2D eigenvalue weighted by Gasteiger charge is -2.10. The molecule has 1 aromatic heterocycles. The molecule has 0 unspecified atom stereocenters. The zero-order valence-electron chi connectivity index (χ0n) is 13.4. The molecule has 0 radical (unpaired) electrons. The maximum atomic E-state index is 4.62. The van der Waals surface area contributed by atoms with E-state index in [0.29, 0.717) is 0 Å². The van der Waals surface area contributed by atoms with Gasteiger partial charge in [-0.25, -0.2) is 4.98 Å². The number of hydrogen-bond acceptors (Lipinski definition) is 4. The van der Waals surface area contributed by atoms with Gasteiger partial charge < -0.3 is 10.6 Å². The van der Waals surface area contributed by atoms with Crippen molar-refractivity contribution < 1.29 is 0 Å². The summed E-state index contributed by atoms with van der Waals surface area (Å²) in [5.74, 6) is 2.18. The largest absolute Gasteiger partial charge is 0.357 e. The van der Waals surface area contributed by atoms with Crippen LogP contribution >= 0.6 is 23.1 Å². The molecule has 21 heavy (non-hydrogen) atoms. The van der Waals surface area contributed by atoms with Crippen molar-refractivity contribution in [1.29, 1.82) is 0 Å². The Balaban J connectivity index is 2.20. The van der Waals surface area contributed by atoms with Gasteiger partial charge in [0.1, 0.15) is 0 Å². The Kier molecular flexibility index (Phi) is 10.3. The number of hydrogen-bond donors (Lipinski definition) is 2. The molecule has 0 aliphatic heterocycles. The third-order valence-corrected chi connectivity index (χ3v) is 4.62. The standard InChI is InChI=1S/C15H28N4S2/c1-4-16-15(17-9-5-6-11-20-3)18-10-7-8-14-19-13(2)12-21-14/h12H,4-11H2,1-3H3,(H2,16,17,18). The van der Waals surface area contributed by atoms with Crippen molar-refractivity contribution in [3.63, 3.8) is 0 Å². The van der Waals surface area contributed by atoms with Crippen LogP contribution in [0.25, 0.3) is 0 Å². The van der Waals surface area contributed by atoms with E-state index in [2.05, 4.69) is 39.2 Å². The Morgan fingerprint density at radius 1 is 1.33 bits per heavy atom. The Bertz CT molecular complexity index is 404. The van der Waals surface area contributed by atoms with Gasteiger partial charge in [0, 0.05) is 37.1 Å². The lowest BCUT2D eigenvalue weighted by Crippen LogP contribution is -2.37. The predicted octanol–water partition coefficient (Wildman–Crippen LogP) is 3.08. The van der Waals surface area contributed by atoms with Crippen LogP contribution in [0.2, 0.25) is 0 Å².